The number of anilines is 1. The number of hydrogen-bond donors (Lipinski definition) is 2. The summed E-state index contributed by atoms with van der Waals surface area (Å²) in [7, 11) is -4.40. The van der Waals surface area contributed by atoms with Crippen LogP contribution in [0.25, 0.3) is 0 Å². The largest absolute Gasteiger partial charge is 0.421 e. The van der Waals surface area contributed by atoms with Crippen LogP contribution < -0.4 is 9.62 Å². The molecule has 1 saturated heterocycles. The van der Waals surface area contributed by atoms with Gasteiger partial charge in [-0.3, -0.25) is 18.7 Å². The number of ketones is 2. The van der Waals surface area contributed by atoms with E-state index in [9.17, 15) is 45.5 Å². The number of fused-ring (bicyclic) bond motifs is 1. The van der Waals surface area contributed by atoms with E-state index >= 15 is 0 Å². The summed E-state index contributed by atoms with van der Waals surface area (Å²) in [6, 6.07) is 6.33. The van der Waals surface area contributed by atoms with Crippen molar-refractivity contribution in [3.05, 3.63) is 59.4 Å². The number of amides is 1. The fourth-order valence-corrected chi connectivity index (χ4v) is 6.77. The van der Waals surface area contributed by atoms with Crippen molar-refractivity contribution in [2.75, 3.05) is 4.31 Å². The zero-order chi connectivity index (χ0) is 29.7. The Kier molecular flexibility index (Phi) is 7.61. The maximum Gasteiger partial charge on any atom is 0.421 e. The van der Waals surface area contributed by atoms with Crippen LogP contribution in [0.15, 0.2) is 47.4 Å². The molecule has 216 valence electrons. The SMILES string of the molecule is CC1(CCC(=O)C[C@@H]2CCc3cc(C(C)(O)C(F)(F)F)ccc3N2S(=O)(=O)c2ccc(F)cc2)NC(=O)CC1=O. The van der Waals surface area contributed by atoms with Crippen LogP contribution in [0.4, 0.5) is 23.2 Å². The van der Waals surface area contributed by atoms with Gasteiger partial charge in [0.05, 0.1) is 28.6 Å². The molecule has 2 N–H and O–H groups in total. The highest BCUT2D eigenvalue weighted by molar-refractivity contribution is 7.92. The van der Waals surface area contributed by atoms with E-state index in [1.807, 2.05) is 0 Å². The van der Waals surface area contributed by atoms with Gasteiger partial charge in [-0.2, -0.15) is 13.2 Å². The minimum absolute atomic E-state index is 0.0281. The Morgan fingerprint density at radius 3 is 2.38 bits per heavy atom. The van der Waals surface area contributed by atoms with Crippen molar-refractivity contribution < 1.29 is 45.5 Å². The lowest BCUT2D eigenvalue weighted by molar-refractivity contribution is -0.258. The summed E-state index contributed by atoms with van der Waals surface area (Å²) in [5.74, 6) is -1.84. The molecule has 2 aliphatic heterocycles. The molecule has 2 heterocycles. The van der Waals surface area contributed by atoms with E-state index in [4.69, 9.17) is 0 Å². The van der Waals surface area contributed by atoms with Gasteiger partial charge in [0.1, 0.15) is 11.6 Å². The van der Waals surface area contributed by atoms with Gasteiger partial charge in [-0.25, -0.2) is 12.8 Å². The molecule has 1 fully saturated rings. The number of rotatable bonds is 8. The second-order valence-corrected chi connectivity index (χ2v) is 12.4. The Morgan fingerprint density at radius 2 is 1.80 bits per heavy atom. The predicted molar refractivity (Wildman–Crippen MR) is 135 cm³/mol. The highest BCUT2D eigenvalue weighted by atomic mass is 32.2. The maximum atomic E-state index is 13.8. The minimum atomic E-state index is -4.98. The Morgan fingerprint density at radius 1 is 1.15 bits per heavy atom. The molecule has 0 saturated carbocycles. The molecule has 0 aromatic heterocycles. The van der Waals surface area contributed by atoms with Crippen LogP contribution in [0.3, 0.4) is 0 Å². The zero-order valence-electron chi connectivity index (χ0n) is 21.7. The van der Waals surface area contributed by atoms with Crippen LogP contribution in [-0.4, -0.2) is 48.8 Å². The number of sulfonamides is 1. The number of aliphatic hydroxyl groups is 1. The first-order valence-corrected chi connectivity index (χ1v) is 14.0. The number of carbonyl (C=O) groups excluding carboxylic acids is 3. The van der Waals surface area contributed by atoms with E-state index in [-0.39, 0.29) is 66.2 Å². The van der Waals surface area contributed by atoms with Crippen LogP contribution in [0.2, 0.25) is 0 Å². The molecule has 3 atom stereocenters. The van der Waals surface area contributed by atoms with Crippen LogP contribution in [-0.2, 0) is 36.4 Å². The molecule has 2 aromatic carbocycles. The zero-order valence-corrected chi connectivity index (χ0v) is 22.5. The number of nitrogens with zero attached hydrogens (tertiary/aromatic N) is 1. The van der Waals surface area contributed by atoms with Crippen molar-refractivity contribution in [1.29, 1.82) is 0 Å². The average molecular weight is 585 g/mol. The van der Waals surface area contributed by atoms with Crippen molar-refractivity contribution in [2.45, 2.75) is 80.6 Å². The molecule has 0 radical (unpaired) electrons. The number of halogens is 4. The van der Waals surface area contributed by atoms with Crippen molar-refractivity contribution >= 4 is 33.2 Å². The molecule has 2 aromatic rings. The normalized spacial score (nSPS) is 23.0. The van der Waals surface area contributed by atoms with Crippen molar-refractivity contribution in [3.8, 4) is 0 Å². The molecular formula is C27H28F4N2O6S. The van der Waals surface area contributed by atoms with Gasteiger partial charge < -0.3 is 10.4 Å². The van der Waals surface area contributed by atoms with Gasteiger partial charge in [-0.15, -0.1) is 0 Å². The fraction of sp³-hybridized carbons (Fsp3) is 0.444. The van der Waals surface area contributed by atoms with Gasteiger partial charge in [0.15, 0.2) is 11.4 Å². The number of Topliss-reactive ketones (excluding diaryl/α,β-unsaturated/α-hetero) is 2. The van der Waals surface area contributed by atoms with E-state index < -0.39 is 50.7 Å². The van der Waals surface area contributed by atoms with Gasteiger partial charge in [0.25, 0.3) is 10.0 Å². The van der Waals surface area contributed by atoms with Crippen LogP contribution in [0.5, 0.6) is 0 Å². The number of nitrogens with one attached hydrogen (secondary N) is 1. The van der Waals surface area contributed by atoms with Crippen LogP contribution in [0, 0.1) is 5.82 Å². The molecule has 0 spiro atoms. The number of benzene rings is 2. The molecule has 13 heteroatoms. The molecule has 8 nitrogen and oxygen atoms in total. The lowest BCUT2D eigenvalue weighted by Crippen LogP contribution is -2.46. The Bertz CT molecular complexity index is 1460. The third-order valence-electron chi connectivity index (χ3n) is 7.60. The average Bonchev–Trinajstić information content (AvgIpc) is 3.12. The maximum absolute atomic E-state index is 13.8. The van der Waals surface area contributed by atoms with Gasteiger partial charge in [-0.05, 0) is 74.6 Å². The lowest BCUT2D eigenvalue weighted by atomic mass is 9.87. The molecule has 4 rings (SSSR count). The number of hydrogen-bond acceptors (Lipinski definition) is 6. The van der Waals surface area contributed by atoms with E-state index in [0.29, 0.717) is 6.92 Å². The van der Waals surface area contributed by atoms with Crippen molar-refractivity contribution in [3.63, 3.8) is 0 Å². The van der Waals surface area contributed by atoms with E-state index in [1.54, 1.807) is 0 Å². The van der Waals surface area contributed by atoms with Crippen molar-refractivity contribution in [2.24, 2.45) is 0 Å². The van der Waals surface area contributed by atoms with Crippen LogP contribution in [0.1, 0.15) is 57.1 Å². The first-order valence-electron chi connectivity index (χ1n) is 12.5. The summed E-state index contributed by atoms with van der Waals surface area (Å²) in [5, 5.41) is 12.7. The Hall–Kier alpha value is -3.32. The van der Waals surface area contributed by atoms with E-state index in [2.05, 4.69) is 5.32 Å². The van der Waals surface area contributed by atoms with E-state index in [0.717, 1.165) is 46.8 Å². The van der Waals surface area contributed by atoms with Crippen molar-refractivity contribution in [1.82, 2.24) is 5.32 Å². The van der Waals surface area contributed by atoms with Crippen LogP contribution >= 0.6 is 0 Å². The Labute approximate surface area is 228 Å². The molecule has 2 unspecified atom stereocenters. The monoisotopic (exact) mass is 584 g/mol. The standard InChI is InChI=1S/C27H28F4N2O6S/c1-25(23(35)15-24(36)32-25)12-11-20(34)14-19-7-3-16-13-17(26(2,37)27(29,30)31)4-10-22(16)33(19)40(38,39)21-8-5-18(28)6-9-21/h4-6,8-10,13,19,37H,3,7,11-12,14-15H2,1-2H3,(H,32,36)/t19-,25?,26?/m0/s1. The fourth-order valence-electron chi connectivity index (χ4n) is 5.05. The molecule has 0 aliphatic carbocycles. The van der Waals surface area contributed by atoms with E-state index in [1.165, 1.54) is 6.92 Å². The summed E-state index contributed by atoms with van der Waals surface area (Å²) in [4.78, 5) is 36.5. The summed E-state index contributed by atoms with van der Waals surface area (Å²) < 4.78 is 82.4. The summed E-state index contributed by atoms with van der Waals surface area (Å²) in [5.41, 5.74) is -4.58. The number of alkyl halides is 3. The number of aryl methyl sites for hydroxylation is 1. The molecule has 2 aliphatic rings. The molecule has 40 heavy (non-hydrogen) atoms. The molecular weight excluding hydrogens is 556 g/mol. The third-order valence-corrected chi connectivity index (χ3v) is 9.48. The van der Waals surface area contributed by atoms with Gasteiger partial charge >= 0.3 is 6.18 Å². The second-order valence-electron chi connectivity index (χ2n) is 10.6. The molecule has 0 bridgehead atoms. The van der Waals surface area contributed by atoms with Gasteiger partial charge in [0.2, 0.25) is 5.91 Å². The number of carbonyl (C=O) groups is 3. The summed E-state index contributed by atoms with van der Waals surface area (Å²) in [6.07, 6.45) is -5.43. The summed E-state index contributed by atoms with van der Waals surface area (Å²) >= 11 is 0. The summed E-state index contributed by atoms with van der Waals surface area (Å²) in [6.45, 7) is 2.12. The highest BCUT2D eigenvalue weighted by Crippen LogP contribution is 2.43. The minimum Gasteiger partial charge on any atom is -0.376 e. The van der Waals surface area contributed by atoms with Gasteiger partial charge in [0, 0.05) is 12.8 Å². The third kappa shape index (κ3) is 5.49. The molecule has 1 amide bonds. The first-order chi connectivity index (χ1) is 18.5. The Balaban J connectivity index is 1.67. The first kappa shape index (κ1) is 29.7. The highest BCUT2D eigenvalue weighted by Gasteiger charge is 2.51. The smallest absolute Gasteiger partial charge is 0.376 e. The van der Waals surface area contributed by atoms with Gasteiger partial charge in [-0.1, -0.05) is 12.1 Å². The lowest BCUT2D eigenvalue weighted by Gasteiger charge is -2.38. The quantitative estimate of drug-likeness (QED) is 0.361. The topological polar surface area (TPSA) is 121 Å². The predicted octanol–water partition coefficient (Wildman–Crippen LogP) is 3.69. The second kappa shape index (κ2) is 10.3.